The van der Waals surface area contributed by atoms with E-state index in [9.17, 15) is 9.59 Å². The number of nitrogens with one attached hydrogen (secondary N) is 1. The quantitative estimate of drug-likeness (QED) is 0.751. The number of hydrogen-bond donors (Lipinski definition) is 2. The number of aliphatic hydroxyl groups excluding tert-OH is 1. The molecule has 0 unspecified atom stereocenters. The van der Waals surface area contributed by atoms with E-state index in [0.29, 0.717) is 10.4 Å². The first-order chi connectivity index (χ1) is 8.60. The molecule has 2 amide bonds. The van der Waals surface area contributed by atoms with Crippen molar-refractivity contribution in [3.8, 4) is 11.8 Å². The van der Waals surface area contributed by atoms with Crippen molar-refractivity contribution < 1.29 is 14.7 Å². The average molecular weight is 266 g/mol. The topological polar surface area (TPSA) is 69.6 Å². The third kappa shape index (κ3) is 3.58. The molecule has 0 radical (unpaired) electrons. The Bertz CT molecular complexity index is 499. The molecule has 0 atom stereocenters. The molecule has 0 saturated heterocycles. The molecule has 18 heavy (non-hydrogen) atoms. The molecule has 1 aromatic heterocycles. The van der Waals surface area contributed by atoms with E-state index in [1.807, 2.05) is 0 Å². The van der Waals surface area contributed by atoms with Gasteiger partial charge in [-0.05, 0) is 11.4 Å². The summed E-state index contributed by atoms with van der Waals surface area (Å²) in [6.45, 7) is -0.252. The van der Waals surface area contributed by atoms with Crippen molar-refractivity contribution in [1.29, 1.82) is 0 Å². The molecular weight excluding hydrogens is 252 g/mol. The van der Waals surface area contributed by atoms with Crippen LogP contribution in [-0.4, -0.2) is 49.1 Å². The number of amides is 2. The zero-order valence-corrected chi connectivity index (χ0v) is 11.0. The van der Waals surface area contributed by atoms with Crippen molar-refractivity contribution >= 4 is 23.2 Å². The number of carbonyl (C=O) groups is 2. The molecule has 0 saturated carbocycles. The highest BCUT2D eigenvalue weighted by Gasteiger charge is 2.18. The smallest absolute Gasteiger partial charge is 0.265 e. The van der Waals surface area contributed by atoms with E-state index in [1.165, 1.54) is 23.3 Å². The van der Waals surface area contributed by atoms with Gasteiger partial charge in [0.15, 0.2) is 0 Å². The Labute approximate surface area is 109 Å². The van der Waals surface area contributed by atoms with Crippen molar-refractivity contribution in [2.45, 2.75) is 0 Å². The van der Waals surface area contributed by atoms with Crippen molar-refractivity contribution in [1.82, 2.24) is 10.2 Å². The maximum absolute atomic E-state index is 12.1. The highest BCUT2D eigenvalue weighted by Crippen LogP contribution is 2.17. The summed E-state index contributed by atoms with van der Waals surface area (Å²) in [5.74, 6) is 4.72. The lowest BCUT2D eigenvalue weighted by molar-refractivity contribution is -0.121. The van der Waals surface area contributed by atoms with Crippen LogP contribution in [0.25, 0.3) is 0 Å². The maximum atomic E-state index is 12.1. The summed E-state index contributed by atoms with van der Waals surface area (Å²) >= 11 is 1.26. The molecule has 0 aliphatic carbocycles. The van der Waals surface area contributed by atoms with Crippen LogP contribution < -0.4 is 5.32 Å². The van der Waals surface area contributed by atoms with Gasteiger partial charge in [0.2, 0.25) is 5.91 Å². The monoisotopic (exact) mass is 266 g/mol. The van der Waals surface area contributed by atoms with Gasteiger partial charge in [-0.3, -0.25) is 9.59 Å². The second-order valence-corrected chi connectivity index (χ2v) is 4.37. The maximum Gasteiger partial charge on any atom is 0.265 e. The zero-order valence-electron chi connectivity index (χ0n) is 10.2. The SMILES string of the molecule is CNC(=O)CN(C)C(=O)c1sccc1C#CCO. The van der Waals surface area contributed by atoms with Crippen molar-refractivity contribution in [2.24, 2.45) is 0 Å². The Balaban J connectivity index is 2.84. The Kier molecular flexibility index (Phi) is 5.36. The minimum absolute atomic E-state index is 0.000101. The van der Waals surface area contributed by atoms with Crippen LogP contribution in [0.4, 0.5) is 0 Å². The number of likely N-dealkylation sites (N-methyl/N-ethyl adjacent to an activating group) is 2. The van der Waals surface area contributed by atoms with Crippen molar-refractivity contribution in [3.05, 3.63) is 21.9 Å². The molecule has 5 nitrogen and oxygen atoms in total. The van der Waals surface area contributed by atoms with E-state index in [-0.39, 0.29) is 25.0 Å². The fourth-order valence-electron chi connectivity index (χ4n) is 1.25. The van der Waals surface area contributed by atoms with E-state index in [2.05, 4.69) is 17.2 Å². The summed E-state index contributed by atoms with van der Waals surface area (Å²) in [6.07, 6.45) is 0. The fourth-order valence-corrected chi connectivity index (χ4v) is 2.09. The summed E-state index contributed by atoms with van der Waals surface area (Å²) < 4.78 is 0. The largest absolute Gasteiger partial charge is 0.384 e. The van der Waals surface area contributed by atoms with Gasteiger partial charge in [-0.25, -0.2) is 0 Å². The number of thiophene rings is 1. The Morgan fingerprint density at radius 1 is 1.56 bits per heavy atom. The Hall–Kier alpha value is -1.84. The van der Waals surface area contributed by atoms with Crippen LogP contribution in [0.1, 0.15) is 15.2 Å². The van der Waals surface area contributed by atoms with Crippen molar-refractivity contribution in [3.63, 3.8) is 0 Å². The second kappa shape index (κ2) is 6.79. The third-order valence-electron chi connectivity index (χ3n) is 2.17. The molecule has 0 aromatic carbocycles. The Morgan fingerprint density at radius 2 is 2.28 bits per heavy atom. The lowest BCUT2D eigenvalue weighted by Crippen LogP contribution is -2.36. The van der Waals surface area contributed by atoms with Gasteiger partial charge in [0.1, 0.15) is 11.5 Å². The zero-order chi connectivity index (χ0) is 13.5. The van der Waals surface area contributed by atoms with E-state index in [0.717, 1.165) is 0 Å². The van der Waals surface area contributed by atoms with Gasteiger partial charge in [0, 0.05) is 19.7 Å². The molecule has 96 valence electrons. The lowest BCUT2D eigenvalue weighted by atomic mass is 10.2. The van der Waals surface area contributed by atoms with Gasteiger partial charge in [-0.1, -0.05) is 11.8 Å². The summed E-state index contributed by atoms with van der Waals surface area (Å²) in [5, 5.41) is 12.8. The van der Waals surface area contributed by atoms with Gasteiger partial charge in [-0.2, -0.15) is 0 Å². The molecule has 0 aliphatic heterocycles. The molecule has 2 N–H and O–H groups in total. The molecule has 0 fully saturated rings. The molecule has 0 bridgehead atoms. The van der Waals surface area contributed by atoms with E-state index >= 15 is 0 Å². The first-order valence-electron chi connectivity index (χ1n) is 5.23. The third-order valence-corrected chi connectivity index (χ3v) is 3.07. The van der Waals surface area contributed by atoms with Gasteiger partial charge in [0.05, 0.1) is 6.54 Å². The summed E-state index contributed by atoms with van der Waals surface area (Å²) in [4.78, 5) is 25.1. The predicted molar refractivity (Wildman–Crippen MR) is 69.3 cm³/mol. The van der Waals surface area contributed by atoms with Crippen LogP contribution in [0.3, 0.4) is 0 Å². The molecule has 6 heteroatoms. The van der Waals surface area contributed by atoms with Crippen LogP contribution in [0.15, 0.2) is 11.4 Å². The highest BCUT2D eigenvalue weighted by atomic mass is 32.1. The van der Waals surface area contributed by atoms with Gasteiger partial charge < -0.3 is 15.3 Å². The number of rotatable bonds is 3. The molecule has 0 aliphatic rings. The minimum atomic E-state index is -0.254. The molecule has 0 spiro atoms. The normalized spacial score (nSPS) is 9.28. The van der Waals surface area contributed by atoms with Crippen LogP contribution in [-0.2, 0) is 4.79 Å². The minimum Gasteiger partial charge on any atom is -0.384 e. The number of nitrogens with zero attached hydrogens (tertiary/aromatic N) is 1. The number of carbonyl (C=O) groups excluding carboxylic acids is 2. The highest BCUT2D eigenvalue weighted by molar-refractivity contribution is 7.12. The van der Waals surface area contributed by atoms with E-state index in [1.54, 1.807) is 18.5 Å². The lowest BCUT2D eigenvalue weighted by Gasteiger charge is -2.15. The average Bonchev–Trinajstić information content (AvgIpc) is 2.83. The van der Waals surface area contributed by atoms with Gasteiger partial charge in [-0.15, -0.1) is 11.3 Å². The molecule has 1 aromatic rings. The first-order valence-corrected chi connectivity index (χ1v) is 6.11. The van der Waals surface area contributed by atoms with Crippen LogP contribution in [0, 0.1) is 11.8 Å². The summed E-state index contributed by atoms with van der Waals surface area (Å²) in [7, 11) is 3.07. The summed E-state index contributed by atoms with van der Waals surface area (Å²) in [5.41, 5.74) is 0.572. The summed E-state index contributed by atoms with van der Waals surface area (Å²) in [6, 6.07) is 1.72. The van der Waals surface area contributed by atoms with Gasteiger partial charge in [0.25, 0.3) is 5.91 Å². The molecule has 1 heterocycles. The fraction of sp³-hybridized carbons (Fsp3) is 0.333. The van der Waals surface area contributed by atoms with E-state index < -0.39 is 0 Å². The number of aliphatic hydroxyl groups is 1. The van der Waals surface area contributed by atoms with Gasteiger partial charge >= 0.3 is 0 Å². The second-order valence-electron chi connectivity index (χ2n) is 3.46. The van der Waals surface area contributed by atoms with E-state index in [4.69, 9.17) is 5.11 Å². The molecule has 1 rings (SSSR count). The molecular formula is C12H14N2O3S. The predicted octanol–water partition coefficient (Wildman–Crippen LogP) is -0.0901. The number of hydrogen-bond acceptors (Lipinski definition) is 4. The van der Waals surface area contributed by atoms with Crippen LogP contribution in [0.2, 0.25) is 0 Å². The first kappa shape index (κ1) is 14.2. The van der Waals surface area contributed by atoms with Crippen molar-refractivity contribution in [2.75, 3.05) is 27.2 Å². The van der Waals surface area contributed by atoms with Crippen LogP contribution in [0.5, 0.6) is 0 Å². The van der Waals surface area contributed by atoms with Crippen LogP contribution >= 0.6 is 11.3 Å². The standard InChI is InChI=1S/C12H14N2O3S/c1-13-10(16)8-14(2)12(17)11-9(4-3-6-15)5-7-18-11/h5,7,15H,6,8H2,1-2H3,(H,13,16). The Morgan fingerprint density at radius 3 is 2.89 bits per heavy atom.